The Morgan fingerprint density at radius 1 is 1.00 bits per heavy atom. The molecule has 1 aliphatic rings. The summed E-state index contributed by atoms with van der Waals surface area (Å²) in [6.07, 6.45) is 4.56. The van der Waals surface area contributed by atoms with Crippen molar-refractivity contribution < 1.29 is 14.4 Å². The molecule has 1 aromatic carbocycles. The third kappa shape index (κ3) is 2.81. The molecule has 6 heteroatoms. The Balaban J connectivity index is 2.03. The monoisotopic (exact) mass is 321 g/mol. The molecule has 4 amide bonds. The number of urea groups is 1. The van der Waals surface area contributed by atoms with Gasteiger partial charge in [-0.2, -0.15) is 0 Å². The van der Waals surface area contributed by atoms with Gasteiger partial charge in [-0.05, 0) is 60.9 Å². The number of nitrogens with one attached hydrogen (secondary N) is 1. The summed E-state index contributed by atoms with van der Waals surface area (Å²) in [5.74, 6) is -1.36. The lowest BCUT2D eigenvalue weighted by atomic mass is 10.1. The molecule has 0 atom stereocenters. The predicted molar refractivity (Wildman–Crippen MR) is 89.2 cm³/mol. The van der Waals surface area contributed by atoms with E-state index in [-0.39, 0.29) is 5.57 Å². The number of carbonyl (C=O) groups excluding carboxylic acids is 3. The van der Waals surface area contributed by atoms with Gasteiger partial charge in [-0.1, -0.05) is 6.07 Å². The molecule has 0 saturated carbocycles. The van der Waals surface area contributed by atoms with Crippen molar-refractivity contribution in [1.82, 2.24) is 10.3 Å². The van der Waals surface area contributed by atoms with Gasteiger partial charge in [-0.15, -0.1) is 0 Å². The number of benzene rings is 1. The van der Waals surface area contributed by atoms with Crippen LogP contribution in [-0.4, -0.2) is 22.8 Å². The summed E-state index contributed by atoms with van der Waals surface area (Å²) in [6.45, 7) is 3.83. The fourth-order valence-corrected chi connectivity index (χ4v) is 2.38. The van der Waals surface area contributed by atoms with Gasteiger partial charge >= 0.3 is 6.03 Å². The van der Waals surface area contributed by atoms with Gasteiger partial charge in [0.1, 0.15) is 5.57 Å². The van der Waals surface area contributed by atoms with Gasteiger partial charge in [0, 0.05) is 12.4 Å². The van der Waals surface area contributed by atoms with Crippen LogP contribution in [0.5, 0.6) is 0 Å². The zero-order valence-corrected chi connectivity index (χ0v) is 13.2. The number of carbonyl (C=O) groups is 3. The number of amides is 4. The standard InChI is InChI=1S/C18H15N3O3/c1-11-3-4-14(9-12(11)2)21-17(23)15(16(22)20-18(21)24)10-13-5-7-19-8-6-13/h3-10H,1-2H3,(H,20,22,24)/b15-10+. The number of aromatic nitrogens is 1. The Hall–Kier alpha value is -3.28. The van der Waals surface area contributed by atoms with E-state index in [0.717, 1.165) is 16.0 Å². The third-order valence-electron chi connectivity index (χ3n) is 3.87. The number of rotatable bonds is 2. The number of hydrogen-bond acceptors (Lipinski definition) is 4. The number of anilines is 1. The number of imide groups is 2. The van der Waals surface area contributed by atoms with E-state index in [9.17, 15) is 14.4 Å². The molecule has 0 radical (unpaired) electrons. The second-order valence-corrected chi connectivity index (χ2v) is 5.51. The largest absolute Gasteiger partial charge is 0.335 e. The quantitative estimate of drug-likeness (QED) is 0.680. The molecule has 24 heavy (non-hydrogen) atoms. The molecule has 1 N–H and O–H groups in total. The van der Waals surface area contributed by atoms with E-state index in [1.807, 2.05) is 19.9 Å². The van der Waals surface area contributed by atoms with Crippen LogP contribution in [0.4, 0.5) is 10.5 Å². The number of hydrogen-bond donors (Lipinski definition) is 1. The summed E-state index contributed by atoms with van der Waals surface area (Å²) >= 11 is 0. The lowest BCUT2D eigenvalue weighted by Gasteiger charge is -2.26. The Labute approximate surface area is 138 Å². The molecule has 2 aromatic rings. The molecule has 1 fully saturated rings. The highest BCUT2D eigenvalue weighted by atomic mass is 16.2. The van der Waals surface area contributed by atoms with Crippen molar-refractivity contribution in [3.05, 3.63) is 65.0 Å². The van der Waals surface area contributed by atoms with Crippen molar-refractivity contribution in [2.75, 3.05) is 4.90 Å². The third-order valence-corrected chi connectivity index (χ3v) is 3.87. The zero-order valence-electron chi connectivity index (χ0n) is 13.2. The topological polar surface area (TPSA) is 79.4 Å². The van der Waals surface area contributed by atoms with Crippen LogP contribution in [0.3, 0.4) is 0 Å². The van der Waals surface area contributed by atoms with E-state index < -0.39 is 17.8 Å². The first-order valence-electron chi connectivity index (χ1n) is 7.36. The van der Waals surface area contributed by atoms with Gasteiger partial charge in [0.25, 0.3) is 11.8 Å². The van der Waals surface area contributed by atoms with E-state index in [1.54, 1.807) is 36.7 Å². The molecule has 0 spiro atoms. The molecule has 120 valence electrons. The van der Waals surface area contributed by atoms with Gasteiger partial charge < -0.3 is 0 Å². The van der Waals surface area contributed by atoms with E-state index in [4.69, 9.17) is 0 Å². The average molecular weight is 321 g/mol. The fourth-order valence-electron chi connectivity index (χ4n) is 2.38. The van der Waals surface area contributed by atoms with Crippen LogP contribution in [0, 0.1) is 13.8 Å². The number of aryl methyl sites for hydroxylation is 2. The first-order valence-corrected chi connectivity index (χ1v) is 7.36. The molecular formula is C18H15N3O3. The second-order valence-electron chi connectivity index (χ2n) is 5.51. The second kappa shape index (κ2) is 6.08. The smallest absolute Gasteiger partial charge is 0.273 e. The van der Waals surface area contributed by atoms with Crippen LogP contribution in [0.15, 0.2) is 48.3 Å². The van der Waals surface area contributed by atoms with Crippen molar-refractivity contribution in [2.45, 2.75) is 13.8 Å². The van der Waals surface area contributed by atoms with Gasteiger partial charge in [0.15, 0.2) is 0 Å². The maximum absolute atomic E-state index is 12.7. The minimum absolute atomic E-state index is 0.0981. The summed E-state index contributed by atoms with van der Waals surface area (Å²) in [7, 11) is 0. The van der Waals surface area contributed by atoms with E-state index >= 15 is 0 Å². The highest BCUT2D eigenvalue weighted by molar-refractivity contribution is 6.39. The van der Waals surface area contributed by atoms with Crippen molar-refractivity contribution >= 4 is 29.6 Å². The Morgan fingerprint density at radius 2 is 1.71 bits per heavy atom. The first kappa shape index (κ1) is 15.6. The highest BCUT2D eigenvalue weighted by Crippen LogP contribution is 2.24. The molecular weight excluding hydrogens is 306 g/mol. The van der Waals surface area contributed by atoms with Crippen molar-refractivity contribution in [3.8, 4) is 0 Å². The van der Waals surface area contributed by atoms with Crippen molar-refractivity contribution in [1.29, 1.82) is 0 Å². The van der Waals surface area contributed by atoms with E-state index in [1.165, 1.54) is 6.08 Å². The maximum atomic E-state index is 12.7. The van der Waals surface area contributed by atoms with Gasteiger partial charge in [0.05, 0.1) is 5.69 Å². The van der Waals surface area contributed by atoms with E-state index in [0.29, 0.717) is 11.3 Å². The maximum Gasteiger partial charge on any atom is 0.335 e. The number of nitrogens with zero attached hydrogens (tertiary/aromatic N) is 2. The van der Waals surface area contributed by atoms with Crippen LogP contribution in [-0.2, 0) is 9.59 Å². The summed E-state index contributed by atoms with van der Waals surface area (Å²) in [4.78, 5) is 41.8. The van der Waals surface area contributed by atoms with Crippen LogP contribution < -0.4 is 10.2 Å². The SMILES string of the molecule is Cc1ccc(N2C(=O)NC(=O)/C(=C\c3ccncc3)C2=O)cc1C. The molecule has 1 aromatic heterocycles. The zero-order chi connectivity index (χ0) is 17.3. The Morgan fingerprint density at radius 3 is 2.38 bits per heavy atom. The summed E-state index contributed by atoms with van der Waals surface area (Å²) in [5.41, 5.74) is 2.97. The van der Waals surface area contributed by atoms with Crippen molar-refractivity contribution in [3.63, 3.8) is 0 Å². The lowest BCUT2D eigenvalue weighted by molar-refractivity contribution is -0.122. The van der Waals surface area contributed by atoms with Crippen molar-refractivity contribution in [2.24, 2.45) is 0 Å². The number of pyridine rings is 1. The Kier molecular flexibility index (Phi) is 3.95. The van der Waals surface area contributed by atoms with Crippen LogP contribution in [0.1, 0.15) is 16.7 Å². The molecule has 2 heterocycles. The molecule has 0 bridgehead atoms. The molecule has 6 nitrogen and oxygen atoms in total. The summed E-state index contributed by atoms with van der Waals surface area (Å²) in [5, 5.41) is 2.21. The first-order chi connectivity index (χ1) is 11.5. The minimum Gasteiger partial charge on any atom is -0.273 e. The molecule has 0 unspecified atom stereocenters. The summed E-state index contributed by atoms with van der Waals surface area (Å²) in [6, 6.07) is 7.84. The van der Waals surface area contributed by atoms with Crippen LogP contribution in [0.2, 0.25) is 0 Å². The van der Waals surface area contributed by atoms with Gasteiger partial charge in [-0.3, -0.25) is 19.9 Å². The lowest BCUT2D eigenvalue weighted by Crippen LogP contribution is -2.54. The molecule has 1 saturated heterocycles. The van der Waals surface area contributed by atoms with Gasteiger partial charge in [0.2, 0.25) is 0 Å². The van der Waals surface area contributed by atoms with Crippen LogP contribution in [0.25, 0.3) is 6.08 Å². The fraction of sp³-hybridized carbons (Fsp3) is 0.111. The predicted octanol–water partition coefficient (Wildman–Crippen LogP) is 2.36. The van der Waals surface area contributed by atoms with Crippen LogP contribution >= 0.6 is 0 Å². The normalized spacial score (nSPS) is 16.5. The number of barbiturate groups is 1. The molecule has 3 rings (SSSR count). The van der Waals surface area contributed by atoms with Gasteiger partial charge in [-0.25, -0.2) is 9.69 Å². The average Bonchev–Trinajstić information content (AvgIpc) is 2.55. The molecule has 0 aliphatic carbocycles. The van der Waals surface area contributed by atoms with E-state index in [2.05, 4.69) is 10.3 Å². The Bertz CT molecular complexity index is 872. The molecule has 1 aliphatic heterocycles. The minimum atomic E-state index is -0.750. The summed E-state index contributed by atoms with van der Waals surface area (Å²) < 4.78 is 0. The highest BCUT2D eigenvalue weighted by Gasteiger charge is 2.36.